The van der Waals surface area contributed by atoms with Gasteiger partial charge >= 0.3 is 0 Å². The van der Waals surface area contributed by atoms with Gasteiger partial charge in [-0.2, -0.15) is 0 Å². The van der Waals surface area contributed by atoms with Crippen LogP contribution < -0.4 is 0 Å². The molecule has 0 amide bonds. The third-order valence-corrected chi connectivity index (χ3v) is 5.24. The molecular formula is C21H27ClN2O. The molecule has 25 heavy (non-hydrogen) atoms. The normalized spacial score (nSPS) is 19.4. The number of aliphatic hydroxyl groups excluding tert-OH is 1. The van der Waals surface area contributed by atoms with Crippen LogP contribution in [0.15, 0.2) is 54.6 Å². The van der Waals surface area contributed by atoms with Gasteiger partial charge in [-0.1, -0.05) is 60.1 Å². The van der Waals surface area contributed by atoms with Gasteiger partial charge < -0.3 is 5.11 Å². The second kappa shape index (κ2) is 8.81. The molecule has 1 fully saturated rings. The highest BCUT2D eigenvalue weighted by atomic mass is 35.5. The molecule has 2 aromatic rings. The molecule has 1 aliphatic rings. The van der Waals surface area contributed by atoms with Gasteiger partial charge in [-0.3, -0.25) is 9.80 Å². The fourth-order valence-electron chi connectivity index (χ4n) is 3.79. The molecule has 1 heterocycles. The van der Waals surface area contributed by atoms with Crippen molar-refractivity contribution in [2.45, 2.75) is 31.5 Å². The zero-order chi connectivity index (χ0) is 17.6. The Kier molecular flexibility index (Phi) is 6.49. The lowest BCUT2D eigenvalue weighted by atomic mass is 10.0. The molecule has 1 N–H and O–H groups in total. The van der Waals surface area contributed by atoms with Crippen LogP contribution in [0, 0.1) is 0 Å². The van der Waals surface area contributed by atoms with Crippen LogP contribution in [0.25, 0.3) is 0 Å². The summed E-state index contributed by atoms with van der Waals surface area (Å²) in [6.07, 6.45) is 1.90. The summed E-state index contributed by atoms with van der Waals surface area (Å²) in [5.74, 6) is 0. The van der Waals surface area contributed by atoms with Crippen LogP contribution in [0.1, 0.15) is 30.0 Å². The fourth-order valence-corrected chi connectivity index (χ4v) is 4.05. The minimum absolute atomic E-state index is 0.322. The maximum Gasteiger partial charge on any atom is 0.0794 e. The summed E-state index contributed by atoms with van der Waals surface area (Å²) in [6, 6.07) is 18.8. The number of nitrogens with zero attached hydrogens (tertiary/aromatic N) is 2. The number of benzene rings is 2. The van der Waals surface area contributed by atoms with Crippen molar-refractivity contribution in [1.29, 1.82) is 0 Å². The van der Waals surface area contributed by atoms with Gasteiger partial charge in [0.1, 0.15) is 0 Å². The first kappa shape index (κ1) is 18.4. The van der Waals surface area contributed by atoms with Crippen molar-refractivity contribution in [1.82, 2.24) is 9.80 Å². The highest BCUT2D eigenvalue weighted by molar-refractivity contribution is 6.31. The summed E-state index contributed by atoms with van der Waals surface area (Å²) < 4.78 is 0. The SMILES string of the molecule is CN(Cc1ccccc1)CC(O)CN1CCCC1c1ccccc1Cl. The molecule has 2 aromatic carbocycles. The van der Waals surface area contributed by atoms with Gasteiger partial charge in [-0.05, 0) is 43.6 Å². The standard InChI is InChI=1S/C21H27ClN2O/c1-23(14-17-8-3-2-4-9-17)15-18(25)16-24-13-7-12-21(24)19-10-5-6-11-20(19)22/h2-6,8-11,18,21,25H,7,12-16H2,1H3. The Hall–Kier alpha value is -1.39. The predicted octanol–water partition coefficient (Wildman–Crippen LogP) is 3.97. The van der Waals surface area contributed by atoms with E-state index >= 15 is 0 Å². The van der Waals surface area contributed by atoms with Gasteiger partial charge in [-0.15, -0.1) is 0 Å². The molecule has 0 aromatic heterocycles. The predicted molar refractivity (Wildman–Crippen MR) is 104 cm³/mol. The van der Waals surface area contributed by atoms with Crippen molar-refractivity contribution >= 4 is 11.6 Å². The number of rotatable bonds is 7. The lowest BCUT2D eigenvalue weighted by Crippen LogP contribution is -2.38. The van der Waals surface area contributed by atoms with Crippen molar-refractivity contribution in [2.24, 2.45) is 0 Å². The van der Waals surface area contributed by atoms with Crippen LogP contribution in [-0.4, -0.2) is 47.7 Å². The molecule has 1 saturated heterocycles. The number of hydrogen-bond acceptors (Lipinski definition) is 3. The van der Waals surface area contributed by atoms with E-state index in [-0.39, 0.29) is 6.10 Å². The molecule has 0 saturated carbocycles. The summed E-state index contributed by atoms with van der Waals surface area (Å²) in [7, 11) is 2.06. The third kappa shape index (κ3) is 5.05. The van der Waals surface area contributed by atoms with Crippen LogP contribution in [0.3, 0.4) is 0 Å². The first-order chi connectivity index (χ1) is 12.1. The Morgan fingerprint density at radius 1 is 1.16 bits per heavy atom. The lowest BCUT2D eigenvalue weighted by Gasteiger charge is -2.29. The number of likely N-dealkylation sites (tertiary alicyclic amines) is 1. The molecule has 134 valence electrons. The van der Waals surface area contributed by atoms with Gasteiger partial charge in [0.25, 0.3) is 0 Å². The Labute approximate surface area is 155 Å². The van der Waals surface area contributed by atoms with Crippen molar-refractivity contribution < 1.29 is 5.11 Å². The molecule has 2 unspecified atom stereocenters. The van der Waals surface area contributed by atoms with E-state index in [2.05, 4.69) is 47.2 Å². The topological polar surface area (TPSA) is 26.7 Å². The van der Waals surface area contributed by atoms with Crippen LogP contribution in [-0.2, 0) is 6.54 Å². The van der Waals surface area contributed by atoms with Gasteiger partial charge in [0.15, 0.2) is 0 Å². The number of hydrogen-bond donors (Lipinski definition) is 1. The lowest BCUT2D eigenvalue weighted by molar-refractivity contribution is 0.0751. The zero-order valence-electron chi connectivity index (χ0n) is 14.8. The van der Waals surface area contributed by atoms with Gasteiger partial charge in [-0.25, -0.2) is 0 Å². The summed E-state index contributed by atoms with van der Waals surface area (Å²) in [5, 5.41) is 11.4. The molecule has 3 nitrogen and oxygen atoms in total. The van der Waals surface area contributed by atoms with Crippen LogP contribution in [0.4, 0.5) is 0 Å². The van der Waals surface area contributed by atoms with Crippen molar-refractivity contribution in [3.63, 3.8) is 0 Å². The molecular weight excluding hydrogens is 332 g/mol. The van der Waals surface area contributed by atoms with E-state index in [0.717, 1.165) is 31.0 Å². The molecule has 0 spiro atoms. The molecule has 3 rings (SSSR count). The molecule has 1 aliphatic heterocycles. The smallest absolute Gasteiger partial charge is 0.0794 e. The maximum absolute atomic E-state index is 10.6. The van der Waals surface area contributed by atoms with Gasteiger partial charge in [0.05, 0.1) is 6.10 Å². The summed E-state index contributed by atoms with van der Waals surface area (Å²) in [6.45, 7) is 3.23. The Balaban J connectivity index is 1.55. The first-order valence-corrected chi connectivity index (χ1v) is 9.40. The quantitative estimate of drug-likeness (QED) is 0.811. The maximum atomic E-state index is 10.6. The minimum atomic E-state index is -0.364. The van der Waals surface area contributed by atoms with E-state index in [1.807, 2.05) is 24.3 Å². The number of β-amino-alcohol motifs (C(OH)–C–C–N with tert-alkyl or cyclic N) is 1. The third-order valence-electron chi connectivity index (χ3n) is 4.89. The Morgan fingerprint density at radius 2 is 1.88 bits per heavy atom. The highest BCUT2D eigenvalue weighted by Crippen LogP contribution is 2.35. The Bertz CT molecular complexity index is 664. The van der Waals surface area contributed by atoms with E-state index in [9.17, 15) is 5.11 Å². The highest BCUT2D eigenvalue weighted by Gasteiger charge is 2.29. The number of likely N-dealkylation sites (N-methyl/N-ethyl adjacent to an activating group) is 1. The van der Waals surface area contributed by atoms with Crippen LogP contribution in [0.5, 0.6) is 0 Å². The first-order valence-electron chi connectivity index (χ1n) is 9.02. The Morgan fingerprint density at radius 3 is 2.64 bits per heavy atom. The fraction of sp³-hybridized carbons (Fsp3) is 0.429. The average molecular weight is 359 g/mol. The largest absolute Gasteiger partial charge is 0.390 e. The van der Waals surface area contributed by atoms with Gasteiger partial charge in [0, 0.05) is 30.7 Å². The number of aliphatic hydroxyl groups is 1. The van der Waals surface area contributed by atoms with Gasteiger partial charge in [0.2, 0.25) is 0 Å². The van der Waals surface area contributed by atoms with E-state index < -0.39 is 0 Å². The average Bonchev–Trinajstić information content (AvgIpc) is 3.03. The summed E-state index contributed by atoms with van der Waals surface area (Å²) >= 11 is 6.38. The van der Waals surface area contributed by atoms with Crippen molar-refractivity contribution in [3.8, 4) is 0 Å². The van der Waals surface area contributed by atoms with E-state index in [0.29, 0.717) is 19.1 Å². The molecule has 2 atom stereocenters. The second-order valence-electron chi connectivity index (χ2n) is 7.01. The second-order valence-corrected chi connectivity index (χ2v) is 7.42. The monoisotopic (exact) mass is 358 g/mol. The summed E-state index contributed by atoms with van der Waals surface area (Å²) in [4.78, 5) is 4.56. The van der Waals surface area contributed by atoms with Crippen molar-refractivity contribution in [3.05, 3.63) is 70.7 Å². The van der Waals surface area contributed by atoms with E-state index in [1.54, 1.807) is 0 Å². The molecule has 0 bridgehead atoms. The van der Waals surface area contributed by atoms with Crippen LogP contribution in [0.2, 0.25) is 5.02 Å². The number of halogens is 1. The zero-order valence-corrected chi connectivity index (χ0v) is 15.6. The van der Waals surface area contributed by atoms with E-state index in [1.165, 1.54) is 11.1 Å². The summed E-state index contributed by atoms with van der Waals surface area (Å²) in [5.41, 5.74) is 2.46. The van der Waals surface area contributed by atoms with Crippen LogP contribution >= 0.6 is 11.6 Å². The molecule has 0 radical (unpaired) electrons. The minimum Gasteiger partial charge on any atom is -0.390 e. The van der Waals surface area contributed by atoms with Crippen molar-refractivity contribution in [2.75, 3.05) is 26.7 Å². The van der Waals surface area contributed by atoms with E-state index in [4.69, 9.17) is 11.6 Å². The molecule has 4 heteroatoms. The molecule has 0 aliphatic carbocycles.